The van der Waals surface area contributed by atoms with Crippen LogP contribution in [0, 0.1) is 0 Å². The van der Waals surface area contributed by atoms with E-state index in [4.69, 9.17) is 18.9 Å². The molecule has 0 amide bonds. The number of anilines is 1. The van der Waals surface area contributed by atoms with Crippen molar-refractivity contribution in [1.29, 1.82) is 0 Å². The number of hydrogen-bond acceptors (Lipinski definition) is 6. The van der Waals surface area contributed by atoms with E-state index >= 15 is 0 Å². The van der Waals surface area contributed by atoms with Gasteiger partial charge in [-0.25, -0.2) is 4.79 Å². The highest BCUT2D eigenvalue weighted by Crippen LogP contribution is 2.30. The van der Waals surface area contributed by atoms with Crippen LogP contribution in [0.25, 0.3) is 0 Å². The molecule has 8 heteroatoms. The summed E-state index contributed by atoms with van der Waals surface area (Å²) in [6.07, 6.45) is 0. The van der Waals surface area contributed by atoms with Crippen LogP contribution in [0.1, 0.15) is 22.8 Å². The minimum absolute atomic E-state index is 0.369. The molecule has 156 valence electrons. The molecule has 0 aliphatic heterocycles. The van der Waals surface area contributed by atoms with Crippen LogP contribution in [0.3, 0.4) is 0 Å². The summed E-state index contributed by atoms with van der Waals surface area (Å²) < 4.78 is 20.9. The lowest BCUT2D eigenvalue weighted by atomic mass is 10.1. The summed E-state index contributed by atoms with van der Waals surface area (Å²) in [6, 6.07) is 10.9. The normalized spacial score (nSPS) is 10.9. The minimum Gasteiger partial charge on any atom is -0.496 e. The van der Waals surface area contributed by atoms with Gasteiger partial charge in [0, 0.05) is 25.3 Å². The fraction of sp³-hybridized carbons (Fsp3) is 0.333. The number of benzene rings is 2. The van der Waals surface area contributed by atoms with Crippen LogP contribution in [-0.2, 0) is 11.3 Å². The molecule has 2 rings (SSSR count). The van der Waals surface area contributed by atoms with Gasteiger partial charge in [-0.15, -0.1) is 0 Å². The SMILES string of the molecule is CCOc1cc(NC(=NC)NCc2ccc(OC)c(C(=O)OC)c2)ccc1OC. The molecule has 29 heavy (non-hydrogen) atoms. The van der Waals surface area contributed by atoms with E-state index in [0.717, 1.165) is 11.3 Å². The Kier molecular flexibility index (Phi) is 8.14. The number of nitrogens with one attached hydrogen (secondary N) is 2. The van der Waals surface area contributed by atoms with Crippen LogP contribution in [0.15, 0.2) is 41.4 Å². The average Bonchev–Trinajstić information content (AvgIpc) is 2.76. The Bertz CT molecular complexity index is 867. The zero-order chi connectivity index (χ0) is 21.2. The molecule has 0 bridgehead atoms. The lowest BCUT2D eigenvalue weighted by Gasteiger charge is -2.15. The Hall–Kier alpha value is -3.42. The lowest BCUT2D eigenvalue weighted by molar-refractivity contribution is 0.0597. The van der Waals surface area contributed by atoms with E-state index in [0.29, 0.717) is 41.9 Å². The van der Waals surface area contributed by atoms with E-state index in [2.05, 4.69) is 15.6 Å². The van der Waals surface area contributed by atoms with Crippen molar-refractivity contribution in [3.63, 3.8) is 0 Å². The minimum atomic E-state index is -0.451. The molecule has 0 unspecified atom stereocenters. The molecular formula is C21H27N3O5. The number of ether oxygens (including phenoxy) is 4. The number of methoxy groups -OCH3 is 3. The third-order valence-electron chi connectivity index (χ3n) is 4.08. The van der Waals surface area contributed by atoms with Crippen LogP contribution < -0.4 is 24.8 Å². The van der Waals surface area contributed by atoms with Gasteiger partial charge in [-0.3, -0.25) is 4.99 Å². The second kappa shape index (κ2) is 10.8. The molecule has 2 aromatic carbocycles. The van der Waals surface area contributed by atoms with Crippen LogP contribution in [0.2, 0.25) is 0 Å². The first-order chi connectivity index (χ1) is 14.1. The summed E-state index contributed by atoms with van der Waals surface area (Å²) >= 11 is 0. The summed E-state index contributed by atoms with van der Waals surface area (Å²) in [5, 5.41) is 6.42. The quantitative estimate of drug-likeness (QED) is 0.399. The Morgan fingerprint density at radius 1 is 1.00 bits per heavy atom. The molecule has 0 radical (unpaired) electrons. The summed E-state index contributed by atoms with van der Waals surface area (Å²) in [7, 11) is 6.12. The number of guanidine groups is 1. The molecule has 2 aromatic rings. The highest BCUT2D eigenvalue weighted by Gasteiger charge is 2.14. The summed E-state index contributed by atoms with van der Waals surface area (Å²) in [5.41, 5.74) is 2.04. The predicted octanol–water partition coefficient (Wildman–Crippen LogP) is 3.08. The van der Waals surface area contributed by atoms with Gasteiger partial charge < -0.3 is 29.6 Å². The maximum absolute atomic E-state index is 11.9. The van der Waals surface area contributed by atoms with E-state index in [-0.39, 0.29) is 0 Å². The second-order valence-electron chi connectivity index (χ2n) is 5.88. The number of carbonyl (C=O) groups excluding carboxylic acids is 1. The first kappa shape index (κ1) is 21.9. The lowest BCUT2D eigenvalue weighted by Crippen LogP contribution is -2.30. The van der Waals surface area contributed by atoms with E-state index in [1.54, 1.807) is 26.3 Å². The highest BCUT2D eigenvalue weighted by molar-refractivity contribution is 5.94. The molecule has 2 N–H and O–H groups in total. The number of esters is 1. The van der Waals surface area contributed by atoms with Crippen molar-refractivity contribution in [2.75, 3.05) is 40.3 Å². The molecule has 0 saturated carbocycles. The summed E-state index contributed by atoms with van der Waals surface area (Å²) in [5.74, 6) is 1.88. The first-order valence-electron chi connectivity index (χ1n) is 9.10. The topological polar surface area (TPSA) is 90.4 Å². The molecule has 0 aromatic heterocycles. The van der Waals surface area contributed by atoms with Crippen molar-refractivity contribution in [3.8, 4) is 17.2 Å². The van der Waals surface area contributed by atoms with Crippen LogP contribution in [0.5, 0.6) is 17.2 Å². The number of rotatable bonds is 8. The van der Waals surface area contributed by atoms with Gasteiger partial charge in [0.15, 0.2) is 17.5 Å². The largest absolute Gasteiger partial charge is 0.496 e. The van der Waals surface area contributed by atoms with E-state index in [1.165, 1.54) is 14.2 Å². The zero-order valence-electron chi connectivity index (χ0n) is 17.4. The van der Waals surface area contributed by atoms with E-state index in [1.807, 2.05) is 31.2 Å². The smallest absolute Gasteiger partial charge is 0.341 e. The molecule has 0 aliphatic carbocycles. The average molecular weight is 401 g/mol. The molecular weight excluding hydrogens is 374 g/mol. The maximum atomic E-state index is 11.9. The Morgan fingerprint density at radius 2 is 1.72 bits per heavy atom. The van der Waals surface area contributed by atoms with Crippen molar-refractivity contribution >= 4 is 17.6 Å². The van der Waals surface area contributed by atoms with Crippen molar-refractivity contribution < 1.29 is 23.7 Å². The monoisotopic (exact) mass is 401 g/mol. The Morgan fingerprint density at radius 3 is 2.34 bits per heavy atom. The summed E-state index contributed by atoms with van der Waals surface area (Å²) in [6.45, 7) is 2.90. The van der Waals surface area contributed by atoms with Gasteiger partial charge >= 0.3 is 5.97 Å². The maximum Gasteiger partial charge on any atom is 0.341 e. The number of carbonyl (C=O) groups is 1. The van der Waals surface area contributed by atoms with Gasteiger partial charge in [0.2, 0.25) is 0 Å². The van der Waals surface area contributed by atoms with Gasteiger partial charge in [0.25, 0.3) is 0 Å². The fourth-order valence-electron chi connectivity index (χ4n) is 2.66. The van der Waals surface area contributed by atoms with Crippen molar-refractivity contribution in [3.05, 3.63) is 47.5 Å². The van der Waals surface area contributed by atoms with E-state index < -0.39 is 5.97 Å². The molecule has 0 spiro atoms. The first-order valence-corrected chi connectivity index (χ1v) is 9.10. The standard InChI is InChI=1S/C21H27N3O5/c1-6-29-19-12-15(8-10-18(19)27-4)24-21(22-2)23-13-14-7-9-17(26-3)16(11-14)20(25)28-5/h7-12H,6,13H2,1-5H3,(H2,22,23,24). The number of aliphatic imine (C=N–C) groups is 1. The number of nitrogens with zero attached hydrogens (tertiary/aromatic N) is 1. The van der Waals surface area contributed by atoms with Crippen molar-refractivity contribution in [1.82, 2.24) is 5.32 Å². The van der Waals surface area contributed by atoms with Crippen LogP contribution >= 0.6 is 0 Å². The molecule has 0 fully saturated rings. The Balaban J connectivity index is 2.10. The van der Waals surface area contributed by atoms with E-state index in [9.17, 15) is 4.79 Å². The van der Waals surface area contributed by atoms with Gasteiger partial charge in [0.1, 0.15) is 11.3 Å². The number of hydrogen-bond donors (Lipinski definition) is 2. The second-order valence-corrected chi connectivity index (χ2v) is 5.88. The van der Waals surface area contributed by atoms with Crippen LogP contribution in [-0.4, -0.2) is 46.9 Å². The van der Waals surface area contributed by atoms with Gasteiger partial charge in [0.05, 0.1) is 27.9 Å². The predicted molar refractivity (Wildman–Crippen MR) is 112 cm³/mol. The summed E-state index contributed by atoms with van der Waals surface area (Å²) in [4.78, 5) is 16.2. The van der Waals surface area contributed by atoms with Gasteiger partial charge in [-0.2, -0.15) is 0 Å². The molecule has 0 heterocycles. The third kappa shape index (κ3) is 5.78. The van der Waals surface area contributed by atoms with Crippen LogP contribution in [0.4, 0.5) is 5.69 Å². The molecule has 0 atom stereocenters. The van der Waals surface area contributed by atoms with Crippen molar-refractivity contribution in [2.45, 2.75) is 13.5 Å². The molecule has 0 saturated heterocycles. The molecule has 8 nitrogen and oxygen atoms in total. The third-order valence-corrected chi connectivity index (χ3v) is 4.08. The van der Waals surface area contributed by atoms with Gasteiger partial charge in [-0.1, -0.05) is 6.07 Å². The fourth-order valence-corrected chi connectivity index (χ4v) is 2.66. The molecule has 0 aliphatic rings. The van der Waals surface area contributed by atoms with Crippen molar-refractivity contribution in [2.24, 2.45) is 4.99 Å². The zero-order valence-corrected chi connectivity index (χ0v) is 17.4. The Labute approximate surface area is 170 Å². The highest BCUT2D eigenvalue weighted by atomic mass is 16.5. The van der Waals surface area contributed by atoms with Gasteiger partial charge in [-0.05, 0) is 36.8 Å².